The summed E-state index contributed by atoms with van der Waals surface area (Å²) in [4.78, 5) is 4.13. The molecule has 0 atom stereocenters. The average Bonchev–Trinajstić information content (AvgIpc) is 2.72. The number of rotatable bonds is 3. The van der Waals surface area contributed by atoms with Crippen LogP contribution in [-0.2, 0) is 12.8 Å². The predicted octanol–water partition coefficient (Wildman–Crippen LogP) is 4.05. The van der Waals surface area contributed by atoms with Crippen LogP contribution in [0.2, 0.25) is 0 Å². The van der Waals surface area contributed by atoms with Crippen LogP contribution in [0, 0.1) is 6.92 Å². The molecule has 0 aliphatic heterocycles. The van der Waals surface area contributed by atoms with Crippen molar-refractivity contribution in [2.45, 2.75) is 19.7 Å². The molecule has 0 aliphatic carbocycles. The Bertz CT molecular complexity index is 536. The Morgan fingerprint density at radius 1 is 1.28 bits per heavy atom. The summed E-state index contributed by atoms with van der Waals surface area (Å²) in [5, 5.41) is 2.63. The van der Waals surface area contributed by atoms with Gasteiger partial charge in [0.15, 0.2) is 0 Å². The van der Waals surface area contributed by atoms with Crippen molar-refractivity contribution in [1.29, 1.82) is 0 Å². The van der Waals surface area contributed by atoms with Gasteiger partial charge < -0.3 is 4.74 Å². The van der Waals surface area contributed by atoms with Crippen molar-refractivity contribution in [3.8, 4) is 5.75 Å². The molecule has 0 spiro atoms. The third-order valence-electron chi connectivity index (χ3n) is 2.23. The Kier molecular flexibility index (Phi) is 3.56. The zero-order valence-corrected chi connectivity index (χ0v) is 10.3. The smallest absolute Gasteiger partial charge is 0.419 e. The predicted molar refractivity (Wildman–Crippen MR) is 62.6 cm³/mol. The number of benzene rings is 1. The van der Waals surface area contributed by atoms with Crippen LogP contribution in [0.5, 0.6) is 5.75 Å². The van der Waals surface area contributed by atoms with Gasteiger partial charge in [0, 0.05) is 5.38 Å². The van der Waals surface area contributed by atoms with E-state index in [9.17, 15) is 13.2 Å². The number of aryl methyl sites for hydroxylation is 1. The fourth-order valence-electron chi connectivity index (χ4n) is 1.45. The summed E-state index contributed by atoms with van der Waals surface area (Å²) < 4.78 is 43.2. The van der Waals surface area contributed by atoms with Gasteiger partial charge in [0.05, 0.1) is 16.3 Å². The second-order valence-electron chi connectivity index (χ2n) is 3.64. The van der Waals surface area contributed by atoms with E-state index < -0.39 is 11.7 Å². The van der Waals surface area contributed by atoms with Crippen molar-refractivity contribution in [2.24, 2.45) is 0 Å². The fraction of sp³-hybridized carbons (Fsp3) is 0.250. The molecule has 18 heavy (non-hydrogen) atoms. The van der Waals surface area contributed by atoms with Crippen molar-refractivity contribution in [2.75, 3.05) is 0 Å². The summed E-state index contributed by atoms with van der Waals surface area (Å²) in [5.74, 6) is -0.171. The van der Waals surface area contributed by atoms with Gasteiger partial charge in [0.25, 0.3) is 0 Å². The Hall–Kier alpha value is -1.56. The molecule has 0 radical (unpaired) electrons. The van der Waals surface area contributed by atoms with Gasteiger partial charge in [-0.3, -0.25) is 0 Å². The maximum absolute atomic E-state index is 12.7. The van der Waals surface area contributed by atoms with E-state index in [1.165, 1.54) is 29.5 Å². The molecule has 1 heterocycles. The molecule has 0 bridgehead atoms. The number of alkyl halides is 3. The van der Waals surface area contributed by atoms with Gasteiger partial charge in [-0.05, 0) is 19.1 Å². The Morgan fingerprint density at radius 2 is 2.00 bits per heavy atom. The average molecular weight is 273 g/mol. The lowest BCUT2D eigenvalue weighted by atomic mass is 10.2. The molecule has 2 nitrogen and oxygen atoms in total. The van der Waals surface area contributed by atoms with E-state index in [4.69, 9.17) is 4.74 Å². The lowest BCUT2D eigenvalue weighted by molar-refractivity contribution is -0.139. The summed E-state index contributed by atoms with van der Waals surface area (Å²) in [7, 11) is 0. The summed E-state index contributed by atoms with van der Waals surface area (Å²) in [5.41, 5.74) is -0.133. The maximum atomic E-state index is 12.7. The first-order valence-electron chi connectivity index (χ1n) is 5.17. The summed E-state index contributed by atoms with van der Waals surface area (Å²) in [6.45, 7) is 1.87. The molecule has 0 fully saturated rings. The number of hydrogen-bond acceptors (Lipinski definition) is 3. The van der Waals surface area contributed by atoms with Gasteiger partial charge in [-0.2, -0.15) is 13.2 Å². The molecule has 2 rings (SSSR count). The van der Waals surface area contributed by atoms with Crippen LogP contribution in [0.25, 0.3) is 0 Å². The van der Waals surface area contributed by atoms with Crippen molar-refractivity contribution < 1.29 is 17.9 Å². The van der Waals surface area contributed by atoms with E-state index in [1.807, 2.05) is 6.92 Å². The monoisotopic (exact) mass is 273 g/mol. The van der Waals surface area contributed by atoms with E-state index in [0.29, 0.717) is 5.69 Å². The number of halogens is 3. The molecule has 0 aliphatic rings. The normalized spacial score (nSPS) is 11.6. The van der Waals surface area contributed by atoms with Gasteiger partial charge in [0.2, 0.25) is 0 Å². The third kappa shape index (κ3) is 3.01. The van der Waals surface area contributed by atoms with Crippen LogP contribution < -0.4 is 4.74 Å². The van der Waals surface area contributed by atoms with Crippen LogP contribution in [-0.4, -0.2) is 4.98 Å². The number of nitrogens with zero attached hydrogens (tertiary/aromatic N) is 1. The van der Waals surface area contributed by atoms with Crippen LogP contribution >= 0.6 is 11.3 Å². The van der Waals surface area contributed by atoms with E-state index >= 15 is 0 Å². The highest BCUT2D eigenvalue weighted by Gasteiger charge is 2.33. The van der Waals surface area contributed by atoms with Crippen LogP contribution in [0.15, 0.2) is 29.6 Å². The van der Waals surface area contributed by atoms with Crippen LogP contribution in [0.4, 0.5) is 13.2 Å². The number of ether oxygens (including phenoxy) is 1. The molecule has 0 saturated heterocycles. The molecule has 6 heteroatoms. The Labute approximate surface area is 106 Å². The van der Waals surface area contributed by atoms with Gasteiger partial charge in [-0.1, -0.05) is 12.1 Å². The quantitative estimate of drug-likeness (QED) is 0.841. The van der Waals surface area contributed by atoms with E-state index in [-0.39, 0.29) is 12.4 Å². The Balaban J connectivity index is 2.14. The summed E-state index contributed by atoms with van der Waals surface area (Å²) in [6.07, 6.45) is -4.41. The lowest BCUT2D eigenvalue weighted by Crippen LogP contribution is -2.08. The standard InChI is InChI=1S/C12H10F3NOS/c1-8-16-9(7-18-8)6-17-11-5-3-2-4-10(11)12(13,14)15/h2-5,7H,6H2,1H3. The highest BCUT2D eigenvalue weighted by Crippen LogP contribution is 2.36. The minimum absolute atomic E-state index is 0.0391. The van der Waals surface area contributed by atoms with Gasteiger partial charge in [0.1, 0.15) is 12.4 Å². The van der Waals surface area contributed by atoms with Crippen LogP contribution in [0.1, 0.15) is 16.3 Å². The summed E-state index contributed by atoms with van der Waals surface area (Å²) >= 11 is 1.44. The molecular formula is C12H10F3NOS. The molecule has 0 N–H and O–H groups in total. The molecule has 96 valence electrons. The highest BCUT2D eigenvalue weighted by atomic mass is 32.1. The molecule has 1 aromatic heterocycles. The zero-order valence-electron chi connectivity index (χ0n) is 9.49. The SMILES string of the molecule is Cc1nc(COc2ccccc2C(F)(F)F)cs1. The number of aromatic nitrogens is 1. The molecule has 0 saturated carbocycles. The van der Waals surface area contributed by atoms with E-state index in [0.717, 1.165) is 11.1 Å². The maximum Gasteiger partial charge on any atom is 0.419 e. The number of para-hydroxylation sites is 1. The summed E-state index contributed by atoms with van der Waals surface area (Å²) in [6, 6.07) is 5.16. The molecule has 0 unspecified atom stereocenters. The van der Waals surface area contributed by atoms with Crippen LogP contribution in [0.3, 0.4) is 0 Å². The molecule has 2 aromatic rings. The lowest BCUT2D eigenvalue weighted by Gasteiger charge is -2.12. The van der Waals surface area contributed by atoms with Crippen molar-refractivity contribution >= 4 is 11.3 Å². The third-order valence-corrected chi connectivity index (χ3v) is 3.06. The zero-order chi connectivity index (χ0) is 13.2. The van der Waals surface area contributed by atoms with Crippen molar-refractivity contribution in [3.05, 3.63) is 45.9 Å². The minimum Gasteiger partial charge on any atom is -0.487 e. The number of thiazole rings is 1. The fourth-order valence-corrected chi connectivity index (χ4v) is 2.05. The van der Waals surface area contributed by atoms with E-state index in [2.05, 4.69) is 4.98 Å². The second kappa shape index (κ2) is 4.97. The molecular weight excluding hydrogens is 263 g/mol. The van der Waals surface area contributed by atoms with Crippen molar-refractivity contribution in [1.82, 2.24) is 4.98 Å². The largest absolute Gasteiger partial charge is 0.487 e. The first kappa shape index (κ1) is 12.9. The molecule has 0 amide bonds. The van der Waals surface area contributed by atoms with Gasteiger partial charge in [-0.15, -0.1) is 11.3 Å². The first-order chi connectivity index (χ1) is 8.47. The first-order valence-corrected chi connectivity index (χ1v) is 6.05. The topological polar surface area (TPSA) is 22.1 Å². The minimum atomic E-state index is -4.41. The number of hydrogen-bond donors (Lipinski definition) is 0. The highest BCUT2D eigenvalue weighted by molar-refractivity contribution is 7.09. The second-order valence-corrected chi connectivity index (χ2v) is 4.70. The van der Waals surface area contributed by atoms with Crippen molar-refractivity contribution in [3.63, 3.8) is 0 Å². The van der Waals surface area contributed by atoms with Gasteiger partial charge in [-0.25, -0.2) is 4.98 Å². The Morgan fingerprint density at radius 3 is 2.61 bits per heavy atom. The van der Waals surface area contributed by atoms with E-state index in [1.54, 1.807) is 5.38 Å². The molecule has 1 aromatic carbocycles. The van der Waals surface area contributed by atoms with Gasteiger partial charge >= 0.3 is 6.18 Å².